The van der Waals surface area contributed by atoms with Crippen molar-refractivity contribution in [3.8, 4) is 0 Å². The van der Waals surface area contributed by atoms with Crippen LogP contribution in [0.2, 0.25) is 0 Å². The standard InChI is InChI=1S/C22H27N5O5/c1-21(13-9-15-7-3-2-4-8-15)17(29)27(20(32)23-21)25-16(28)10-14-26-18(30)22(24-19(26)31)11-5-6-12-22/h2-4,7-8H,5-6,9-14H2,1H3,(H,23,32)(H,24,31)(H,25,28). The van der Waals surface area contributed by atoms with Crippen molar-refractivity contribution >= 4 is 29.8 Å². The van der Waals surface area contributed by atoms with Crippen molar-refractivity contribution in [1.82, 2.24) is 26.0 Å². The van der Waals surface area contributed by atoms with Gasteiger partial charge in [-0.15, -0.1) is 0 Å². The number of nitrogens with one attached hydrogen (secondary N) is 3. The third kappa shape index (κ3) is 3.92. The number of hydrogen-bond acceptors (Lipinski definition) is 5. The smallest absolute Gasteiger partial charge is 0.323 e. The third-order valence-electron chi connectivity index (χ3n) is 6.52. The Kier molecular flexibility index (Phi) is 5.62. The molecular formula is C22H27N5O5. The summed E-state index contributed by atoms with van der Waals surface area (Å²) in [6.45, 7) is 1.50. The van der Waals surface area contributed by atoms with E-state index in [1.165, 1.54) is 0 Å². The number of imide groups is 2. The van der Waals surface area contributed by atoms with Gasteiger partial charge in [0.25, 0.3) is 11.8 Å². The topological polar surface area (TPSA) is 128 Å². The van der Waals surface area contributed by atoms with Crippen LogP contribution < -0.4 is 16.1 Å². The van der Waals surface area contributed by atoms with E-state index in [0.29, 0.717) is 30.7 Å². The van der Waals surface area contributed by atoms with E-state index in [1.54, 1.807) is 6.92 Å². The van der Waals surface area contributed by atoms with Crippen LogP contribution >= 0.6 is 0 Å². The fourth-order valence-electron chi connectivity index (χ4n) is 4.59. The summed E-state index contributed by atoms with van der Waals surface area (Å²) >= 11 is 0. The lowest BCUT2D eigenvalue weighted by Crippen LogP contribution is -2.49. The van der Waals surface area contributed by atoms with Crippen molar-refractivity contribution in [1.29, 1.82) is 0 Å². The molecule has 4 rings (SSSR count). The molecule has 3 fully saturated rings. The highest BCUT2D eigenvalue weighted by molar-refractivity contribution is 6.08. The Bertz CT molecular complexity index is 959. The number of carbonyl (C=O) groups excluding carboxylic acids is 5. The molecule has 1 aromatic carbocycles. The second-order valence-electron chi connectivity index (χ2n) is 8.85. The van der Waals surface area contributed by atoms with Gasteiger partial charge in [-0.3, -0.25) is 24.7 Å². The van der Waals surface area contributed by atoms with Gasteiger partial charge in [0.05, 0.1) is 0 Å². The predicted octanol–water partition coefficient (Wildman–Crippen LogP) is 1.22. The van der Waals surface area contributed by atoms with Gasteiger partial charge in [-0.1, -0.05) is 43.2 Å². The molecule has 7 amide bonds. The summed E-state index contributed by atoms with van der Waals surface area (Å²) in [7, 11) is 0. The first-order chi connectivity index (χ1) is 15.2. The summed E-state index contributed by atoms with van der Waals surface area (Å²) in [6.07, 6.45) is 3.68. The number of nitrogens with zero attached hydrogens (tertiary/aromatic N) is 2. The molecule has 32 heavy (non-hydrogen) atoms. The summed E-state index contributed by atoms with van der Waals surface area (Å²) in [4.78, 5) is 63.5. The van der Waals surface area contributed by atoms with Crippen molar-refractivity contribution in [3.05, 3.63) is 35.9 Å². The molecule has 3 N–H and O–H groups in total. The van der Waals surface area contributed by atoms with Gasteiger partial charge in [0.15, 0.2) is 0 Å². The van der Waals surface area contributed by atoms with Crippen LogP contribution in [0, 0.1) is 0 Å². The maximum atomic E-state index is 12.8. The molecule has 2 heterocycles. The van der Waals surface area contributed by atoms with Crippen LogP contribution in [-0.2, 0) is 20.8 Å². The monoisotopic (exact) mass is 441 g/mol. The Balaban J connectivity index is 1.31. The molecule has 2 saturated heterocycles. The largest absolute Gasteiger partial charge is 0.344 e. The number of benzene rings is 1. The van der Waals surface area contributed by atoms with Gasteiger partial charge in [0.2, 0.25) is 5.91 Å². The average Bonchev–Trinajstić information content (AvgIpc) is 3.39. The van der Waals surface area contributed by atoms with Gasteiger partial charge in [0, 0.05) is 13.0 Å². The quantitative estimate of drug-likeness (QED) is 0.548. The Morgan fingerprint density at radius 1 is 1.00 bits per heavy atom. The SMILES string of the molecule is CC1(CCc2ccccc2)NC(=O)N(NC(=O)CCN2C(=O)NC3(CCCC3)C2=O)C1=O. The van der Waals surface area contributed by atoms with E-state index < -0.39 is 35.0 Å². The first kappa shape index (κ1) is 21.8. The highest BCUT2D eigenvalue weighted by Crippen LogP contribution is 2.35. The number of amides is 7. The summed E-state index contributed by atoms with van der Waals surface area (Å²) in [5.41, 5.74) is 1.37. The maximum Gasteiger partial charge on any atom is 0.344 e. The highest BCUT2D eigenvalue weighted by atomic mass is 16.2. The summed E-state index contributed by atoms with van der Waals surface area (Å²) in [5, 5.41) is 6.08. The number of urea groups is 2. The predicted molar refractivity (Wildman–Crippen MR) is 113 cm³/mol. The normalized spacial score (nSPS) is 24.3. The second kappa shape index (κ2) is 8.25. The lowest BCUT2D eigenvalue weighted by atomic mass is 9.93. The lowest BCUT2D eigenvalue weighted by Gasteiger charge is -2.22. The van der Waals surface area contributed by atoms with E-state index in [9.17, 15) is 24.0 Å². The fraction of sp³-hybridized carbons (Fsp3) is 0.500. The summed E-state index contributed by atoms with van der Waals surface area (Å²) in [5.74, 6) is -1.49. The molecule has 1 unspecified atom stereocenters. The second-order valence-corrected chi connectivity index (χ2v) is 8.85. The zero-order valence-electron chi connectivity index (χ0n) is 18.0. The molecule has 170 valence electrons. The molecule has 0 aromatic heterocycles. The third-order valence-corrected chi connectivity index (χ3v) is 6.52. The van der Waals surface area contributed by atoms with Crippen molar-refractivity contribution < 1.29 is 24.0 Å². The minimum Gasteiger partial charge on any atom is -0.323 e. The molecule has 1 aliphatic carbocycles. The Labute approximate surface area is 185 Å². The zero-order chi connectivity index (χ0) is 22.9. The number of aryl methyl sites for hydroxylation is 1. The van der Waals surface area contributed by atoms with Crippen LogP contribution in [0.1, 0.15) is 51.0 Å². The Hall–Kier alpha value is -3.43. The van der Waals surface area contributed by atoms with Crippen LogP contribution in [0.5, 0.6) is 0 Å². The average molecular weight is 441 g/mol. The van der Waals surface area contributed by atoms with Crippen LogP contribution in [0.25, 0.3) is 0 Å². The van der Waals surface area contributed by atoms with E-state index >= 15 is 0 Å². The molecule has 1 saturated carbocycles. The number of carbonyl (C=O) groups is 5. The van der Waals surface area contributed by atoms with Crippen molar-refractivity contribution in [2.24, 2.45) is 0 Å². The molecule has 0 bridgehead atoms. The molecule has 0 radical (unpaired) electrons. The molecule has 1 atom stereocenters. The minimum absolute atomic E-state index is 0.118. The molecule has 10 heteroatoms. The van der Waals surface area contributed by atoms with Crippen molar-refractivity contribution in [3.63, 3.8) is 0 Å². The fourth-order valence-corrected chi connectivity index (χ4v) is 4.59. The van der Waals surface area contributed by atoms with Gasteiger partial charge < -0.3 is 10.6 Å². The molecular weight excluding hydrogens is 414 g/mol. The van der Waals surface area contributed by atoms with Crippen LogP contribution in [-0.4, -0.2) is 57.3 Å². The van der Waals surface area contributed by atoms with Crippen LogP contribution in [0.4, 0.5) is 9.59 Å². The molecule has 3 aliphatic rings. The zero-order valence-corrected chi connectivity index (χ0v) is 18.0. The van der Waals surface area contributed by atoms with E-state index in [4.69, 9.17) is 0 Å². The van der Waals surface area contributed by atoms with E-state index in [0.717, 1.165) is 23.3 Å². The van der Waals surface area contributed by atoms with E-state index in [1.807, 2.05) is 30.3 Å². The summed E-state index contributed by atoms with van der Waals surface area (Å²) in [6, 6.07) is 8.37. The van der Waals surface area contributed by atoms with Gasteiger partial charge in [-0.05, 0) is 38.2 Å². The van der Waals surface area contributed by atoms with Gasteiger partial charge >= 0.3 is 12.1 Å². The van der Waals surface area contributed by atoms with Gasteiger partial charge in [-0.2, -0.15) is 5.01 Å². The van der Waals surface area contributed by atoms with Crippen molar-refractivity contribution in [2.45, 2.75) is 62.9 Å². The van der Waals surface area contributed by atoms with Crippen LogP contribution in [0.3, 0.4) is 0 Å². The van der Waals surface area contributed by atoms with Crippen LogP contribution in [0.15, 0.2) is 30.3 Å². The number of hydrogen-bond donors (Lipinski definition) is 3. The molecule has 1 spiro atoms. The first-order valence-electron chi connectivity index (χ1n) is 10.9. The van der Waals surface area contributed by atoms with E-state index in [-0.39, 0.29) is 18.9 Å². The first-order valence-corrected chi connectivity index (χ1v) is 10.9. The number of hydrazine groups is 1. The van der Waals surface area contributed by atoms with E-state index in [2.05, 4.69) is 16.1 Å². The van der Waals surface area contributed by atoms with Crippen molar-refractivity contribution in [2.75, 3.05) is 6.54 Å². The lowest BCUT2D eigenvalue weighted by molar-refractivity contribution is -0.139. The minimum atomic E-state index is -1.14. The maximum absolute atomic E-state index is 12.8. The molecule has 10 nitrogen and oxygen atoms in total. The highest BCUT2D eigenvalue weighted by Gasteiger charge is 2.52. The Morgan fingerprint density at radius 2 is 1.69 bits per heavy atom. The molecule has 1 aromatic rings. The van der Waals surface area contributed by atoms with Gasteiger partial charge in [-0.25, -0.2) is 9.59 Å². The molecule has 2 aliphatic heterocycles. The summed E-state index contributed by atoms with van der Waals surface area (Å²) < 4.78 is 0. The van der Waals surface area contributed by atoms with Gasteiger partial charge in [0.1, 0.15) is 11.1 Å². The number of rotatable bonds is 7. The Morgan fingerprint density at radius 3 is 2.38 bits per heavy atom.